The summed E-state index contributed by atoms with van der Waals surface area (Å²) >= 11 is 0. The molecule has 0 spiro atoms. The Morgan fingerprint density at radius 3 is 2.35 bits per heavy atom. The molecule has 0 fully saturated rings. The summed E-state index contributed by atoms with van der Waals surface area (Å²) in [6.07, 6.45) is 0.695. The van der Waals surface area contributed by atoms with Crippen LogP contribution in [0.15, 0.2) is 47.4 Å². The van der Waals surface area contributed by atoms with Crippen LogP contribution in [0.5, 0.6) is 0 Å². The fraction of sp³-hybridized carbons (Fsp3) is 0.278. The van der Waals surface area contributed by atoms with Crippen molar-refractivity contribution < 1.29 is 18.1 Å². The van der Waals surface area contributed by atoms with E-state index in [1.807, 2.05) is 32.0 Å². The zero-order valence-corrected chi connectivity index (χ0v) is 15.5. The van der Waals surface area contributed by atoms with E-state index in [1.165, 1.54) is 6.92 Å². The summed E-state index contributed by atoms with van der Waals surface area (Å²) in [5.41, 5.74) is 2.16. The highest BCUT2D eigenvalue weighted by atomic mass is 32.2. The Bertz CT molecular complexity index is 937. The molecule has 0 unspecified atom stereocenters. The van der Waals surface area contributed by atoms with E-state index in [0.29, 0.717) is 12.1 Å². The molecule has 0 aliphatic rings. The van der Waals surface area contributed by atoms with Crippen molar-refractivity contribution in [3.05, 3.63) is 63.7 Å². The smallest absolute Gasteiger partial charge is 0.269 e. The van der Waals surface area contributed by atoms with Gasteiger partial charge < -0.3 is 5.32 Å². The minimum absolute atomic E-state index is 0.133. The number of non-ortho nitro benzene ring substituents is 1. The van der Waals surface area contributed by atoms with Crippen LogP contribution in [0.1, 0.15) is 25.0 Å². The van der Waals surface area contributed by atoms with Gasteiger partial charge >= 0.3 is 0 Å². The maximum absolute atomic E-state index is 12.7. The zero-order valence-electron chi connectivity index (χ0n) is 14.7. The maximum atomic E-state index is 12.7. The van der Waals surface area contributed by atoms with Crippen LogP contribution >= 0.6 is 0 Å². The van der Waals surface area contributed by atoms with Gasteiger partial charge in [-0.15, -0.1) is 0 Å². The van der Waals surface area contributed by atoms with Gasteiger partial charge in [0.15, 0.2) is 9.84 Å². The first-order chi connectivity index (χ1) is 12.2. The van der Waals surface area contributed by atoms with Crippen LogP contribution in [-0.4, -0.2) is 24.5 Å². The number of carbonyl (C=O) groups excluding carboxylic acids is 1. The first-order valence-corrected chi connectivity index (χ1v) is 9.60. The van der Waals surface area contributed by atoms with Gasteiger partial charge in [0.25, 0.3) is 5.69 Å². The van der Waals surface area contributed by atoms with Crippen molar-refractivity contribution in [2.45, 2.75) is 37.3 Å². The summed E-state index contributed by atoms with van der Waals surface area (Å²) in [5.74, 6) is -0.646. The number of anilines is 1. The number of amides is 1. The van der Waals surface area contributed by atoms with E-state index >= 15 is 0 Å². The van der Waals surface area contributed by atoms with Crippen LogP contribution in [0.25, 0.3) is 0 Å². The Hall–Kier alpha value is -2.74. The molecule has 0 aromatic heterocycles. The number of para-hydroxylation sites is 1. The van der Waals surface area contributed by atoms with E-state index < -0.39 is 25.9 Å². The monoisotopic (exact) mass is 376 g/mol. The molecular formula is C18H20N2O5S. The highest BCUT2D eigenvalue weighted by Crippen LogP contribution is 2.24. The molecule has 0 aliphatic carbocycles. The van der Waals surface area contributed by atoms with Crippen LogP contribution < -0.4 is 5.32 Å². The van der Waals surface area contributed by atoms with E-state index in [9.17, 15) is 23.3 Å². The first-order valence-electron chi connectivity index (χ1n) is 8.06. The number of nitrogens with zero attached hydrogens (tertiary/aromatic N) is 1. The van der Waals surface area contributed by atoms with Gasteiger partial charge in [0.2, 0.25) is 5.91 Å². The molecule has 138 valence electrons. The third-order valence-corrected chi connectivity index (χ3v) is 6.27. The Balaban J connectivity index is 2.28. The molecule has 0 saturated carbocycles. The molecule has 1 atom stereocenters. The Kier molecular flexibility index (Phi) is 5.76. The van der Waals surface area contributed by atoms with Crippen molar-refractivity contribution in [2.24, 2.45) is 0 Å². The van der Waals surface area contributed by atoms with Crippen LogP contribution in [0.3, 0.4) is 0 Å². The summed E-state index contributed by atoms with van der Waals surface area (Å²) < 4.78 is 25.3. The summed E-state index contributed by atoms with van der Waals surface area (Å²) in [4.78, 5) is 22.5. The molecule has 2 rings (SSSR count). The van der Waals surface area contributed by atoms with Gasteiger partial charge in [-0.2, -0.15) is 0 Å². The van der Waals surface area contributed by atoms with Crippen molar-refractivity contribution in [3.63, 3.8) is 0 Å². The number of benzene rings is 2. The van der Waals surface area contributed by atoms with Gasteiger partial charge in [-0.1, -0.05) is 25.1 Å². The van der Waals surface area contributed by atoms with Crippen molar-refractivity contribution in [1.29, 1.82) is 0 Å². The van der Waals surface area contributed by atoms with Crippen molar-refractivity contribution in [3.8, 4) is 0 Å². The fourth-order valence-corrected chi connectivity index (χ4v) is 3.79. The molecule has 0 aliphatic heterocycles. The summed E-state index contributed by atoms with van der Waals surface area (Å²) in [7, 11) is -3.97. The molecule has 2 aromatic rings. The average Bonchev–Trinajstić information content (AvgIpc) is 2.62. The SMILES string of the molecule is CCc1cccc(C)c1NC(=O)[C@@H](C)S(=O)(=O)c1ccc([N+](=O)[O-])cc1. The molecular weight excluding hydrogens is 356 g/mol. The maximum Gasteiger partial charge on any atom is 0.269 e. The molecule has 0 heterocycles. The lowest BCUT2D eigenvalue weighted by Crippen LogP contribution is -2.33. The first kappa shape index (κ1) is 19.6. The number of aryl methyl sites for hydroxylation is 2. The number of rotatable bonds is 6. The predicted octanol–water partition coefficient (Wildman–Crippen LogP) is 3.27. The van der Waals surface area contributed by atoms with Crippen LogP contribution in [0.2, 0.25) is 0 Å². The predicted molar refractivity (Wildman–Crippen MR) is 98.9 cm³/mol. The van der Waals surface area contributed by atoms with Gasteiger partial charge in [0, 0.05) is 17.8 Å². The topological polar surface area (TPSA) is 106 Å². The summed E-state index contributed by atoms with van der Waals surface area (Å²) in [6, 6.07) is 10.1. The average molecular weight is 376 g/mol. The van der Waals surface area contributed by atoms with Crippen LogP contribution in [0.4, 0.5) is 11.4 Å². The molecule has 1 amide bonds. The fourth-order valence-electron chi connectivity index (χ4n) is 2.53. The van der Waals surface area contributed by atoms with E-state index in [-0.39, 0.29) is 10.6 Å². The largest absolute Gasteiger partial charge is 0.324 e. The standard InChI is InChI=1S/C18H20N2O5S/c1-4-14-7-5-6-12(2)17(14)19-18(21)13(3)26(24,25)16-10-8-15(9-11-16)20(22)23/h5-11,13H,4H2,1-3H3,(H,19,21)/t13-/m1/s1. The van der Waals surface area contributed by atoms with Crippen molar-refractivity contribution >= 4 is 27.1 Å². The van der Waals surface area contributed by atoms with Gasteiger partial charge in [-0.05, 0) is 43.5 Å². The van der Waals surface area contributed by atoms with Crippen molar-refractivity contribution in [2.75, 3.05) is 5.32 Å². The van der Waals surface area contributed by atoms with Gasteiger partial charge in [-0.25, -0.2) is 8.42 Å². The van der Waals surface area contributed by atoms with E-state index in [0.717, 1.165) is 35.4 Å². The van der Waals surface area contributed by atoms with Crippen molar-refractivity contribution in [1.82, 2.24) is 0 Å². The quantitative estimate of drug-likeness (QED) is 0.615. The molecule has 1 N–H and O–H groups in total. The number of hydrogen-bond acceptors (Lipinski definition) is 5. The van der Waals surface area contributed by atoms with E-state index in [1.54, 1.807) is 0 Å². The zero-order chi connectivity index (χ0) is 19.5. The second kappa shape index (κ2) is 7.65. The number of sulfone groups is 1. The second-order valence-electron chi connectivity index (χ2n) is 5.89. The van der Waals surface area contributed by atoms with Gasteiger partial charge in [0.1, 0.15) is 5.25 Å². The summed E-state index contributed by atoms with van der Waals surface area (Å²) in [6.45, 7) is 5.09. The molecule has 8 heteroatoms. The number of nitro benzene ring substituents is 1. The minimum atomic E-state index is -3.97. The van der Waals surface area contributed by atoms with Crippen LogP contribution in [-0.2, 0) is 21.1 Å². The van der Waals surface area contributed by atoms with E-state index in [4.69, 9.17) is 0 Å². The Morgan fingerprint density at radius 2 is 1.81 bits per heavy atom. The van der Waals surface area contributed by atoms with E-state index in [2.05, 4.69) is 5.32 Å². The molecule has 0 saturated heterocycles. The minimum Gasteiger partial charge on any atom is -0.324 e. The van der Waals surface area contributed by atoms with Gasteiger partial charge in [0.05, 0.1) is 9.82 Å². The number of nitro groups is 1. The third-order valence-electron chi connectivity index (χ3n) is 4.20. The molecule has 0 radical (unpaired) electrons. The lowest BCUT2D eigenvalue weighted by Gasteiger charge is -2.17. The Morgan fingerprint density at radius 1 is 1.19 bits per heavy atom. The second-order valence-corrected chi connectivity index (χ2v) is 8.16. The summed E-state index contributed by atoms with van der Waals surface area (Å²) in [5, 5.41) is 12.1. The molecule has 26 heavy (non-hydrogen) atoms. The third kappa shape index (κ3) is 3.91. The molecule has 0 bridgehead atoms. The number of hydrogen-bond donors (Lipinski definition) is 1. The lowest BCUT2D eigenvalue weighted by molar-refractivity contribution is -0.384. The Labute approximate surface area is 152 Å². The lowest BCUT2D eigenvalue weighted by atomic mass is 10.1. The highest BCUT2D eigenvalue weighted by Gasteiger charge is 2.30. The van der Waals surface area contributed by atoms with Gasteiger partial charge in [-0.3, -0.25) is 14.9 Å². The normalized spacial score (nSPS) is 12.4. The number of carbonyl (C=O) groups is 1. The molecule has 7 nitrogen and oxygen atoms in total. The molecule has 2 aromatic carbocycles. The highest BCUT2D eigenvalue weighted by molar-refractivity contribution is 7.92. The number of nitrogens with one attached hydrogen (secondary N) is 1. The van der Waals surface area contributed by atoms with Crippen LogP contribution in [0, 0.1) is 17.0 Å².